The molecule has 0 radical (unpaired) electrons. The molecule has 0 saturated carbocycles. The van der Waals surface area contributed by atoms with Crippen LogP contribution in [-0.4, -0.2) is 29.8 Å². The van der Waals surface area contributed by atoms with Gasteiger partial charge in [0.25, 0.3) is 5.17 Å². The van der Waals surface area contributed by atoms with E-state index in [1.165, 1.54) is 0 Å². The molecule has 0 saturated heterocycles. The minimum Gasteiger partial charge on any atom is -0.468 e. The van der Waals surface area contributed by atoms with Crippen molar-refractivity contribution in [1.82, 2.24) is 4.90 Å². The third-order valence-electron chi connectivity index (χ3n) is 1.52. The highest BCUT2D eigenvalue weighted by Gasteiger charge is 2.06. The van der Waals surface area contributed by atoms with Crippen LogP contribution in [0.3, 0.4) is 0 Å². The summed E-state index contributed by atoms with van der Waals surface area (Å²) >= 11 is 4.99. The first kappa shape index (κ1) is 11.2. The van der Waals surface area contributed by atoms with Gasteiger partial charge in [-0.15, -0.1) is 6.42 Å². The number of hydrogen-bond donors (Lipinski definition) is 0. The van der Waals surface area contributed by atoms with Crippen molar-refractivity contribution < 1.29 is 4.74 Å². The number of rotatable bonds is 3. The molecular weight excluding hydrogens is 170 g/mol. The molecule has 0 aromatic heterocycles. The molecule has 0 aromatic rings. The van der Waals surface area contributed by atoms with Gasteiger partial charge in [-0.2, -0.15) is 0 Å². The molecular formula is C9H15NOS. The van der Waals surface area contributed by atoms with Crippen LogP contribution in [0, 0.1) is 12.3 Å². The average molecular weight is 185 g/mol. The summed E-state index contributed by atoms with van der Waals surface area (Å²) in [7, 11) is 1.82. The molecule has 0 amide bonds. The van der Waals surface area contributed by atoms with Crippen molar-refractivity contribution in [1.29, 1.82) is 0 Å². The van der Waals surface area contributed by atoms with Gasteiger partial charge in [0.2, 0.25) is 0 Å². The summed E-state index contributed by atoms with van der Waals surface area (Å²) in [6, 6.07) is 0. The molecule has 12 heavy (non-hydrogen) atoms. The largest absolute Gasteiger partial charge is 0.468 e. The van der Waals surface area contributed by atoms with Crippen LogP contribution in [0.5, 0.6) is 0 Å². The fourth-order valence-electron chi connectivity index (χ4n) is 0.547. The van der Waals surface area contributed by atoms with Crippen molar-refractivity contribution in [2.45, 2.75) is 26.4 Å². The second-order valence-corrected chi connectivity index (χ2v) is 3.01. The van der Waals surface area contributed by atoms with Crippen molar-refractivity contribution in [2.75, 3.05) is 13.6 Å². The zero-order valence-corrected chi connectivity index (χ0v) is 8.65. The van der Waals surface area contributed by atoms with Crippen molar-refractivity contribution in [3.63, 3.8) is 0 Å². The van der Waals surface area contributed by atoms with E-state index in [9.17, 15) is 0 Å². The van der Waals surface area contributed by atoms with E-state index in [-0.39, 0.29) is 6.10 Å². The van der Waals surface area contributed by atoms with E-state index in [1.807, 2.05) is 14.0 Å². The maximum Gasteiger partial charge on any atom is 0.260 e. The van der Waals surface area contributed by atoms with E-state index in [4.69, 9.17) is 23.4 Å². The fraction of sp³-hybridized carbons (Fsp3) is 0.667. The fourth-order valence-corrected chi connectivity index (χ4v) is 0.776. The summed E-state index contributed by atoms with van der Waals surface area (Å²) in [4.78, 5) is 1.74. The Hall–Kier alpha value is -0.750. The first-order valence-corrected chi connectivity index (χ1v) is 4.37. The van der Waals surface area contributed by atoms with Gasteiger partial charge >= 0.3 is 0 Å². The summed E-state index contributed by atoms with van der Waals surface area (Å²) < 4.78 is 5.38. The second kappa shape index (κ2) is 5.84. The maximum atomic E-state index is 5.38. The van der Waals surface area contributed by atoms with Crippen LogP contribution < -0.4 is 0 Å². The molecule has 0 heterocycles. The van der Waals surface area contributed by atoms with Crippen LogP contribution in [-0.2, 0) is 4.74 Å². The van der Waals surface area contributed by atoms with Gasteiger partial charge in [0, 0.05) is 7.05 Å². The zero-order chi connectivity index (χ0) is 9.56. The number of nitrogens with zero attached hydrogens (tertiary/aromatic N) is 1. The molecule has 0 unspecified atom stereocenters. The number of thiocarbonyl (C=S) groups is 1. The highest BCUT2D eigenvalue weighted by atomic mass is 32.1. The molecule has 0 N–H and O–H groups in total. The molecule has 0 bridgehead atoms. The molecule has 0 spiro atoms. The van der Waals surface area contributed by atoms with Crippen LogP contribution in [0.1, 0.15) is 20.3 Å². The molecule has 0 rings (SSSR count). The molecule has 2 nitrogen and oxygen atoms in total. The van der Waals surface area contributed by atoms with E-state index >= 15 is 0 Å². The van der Waals surface area contributed by atoms with Crippen molar-refractivity contribution in [3.05, 3.63) is 0 Å². The summed E-state index contributed by atoms with van der Waals surface area (Å²) in [5.74, 6) is 2.50. The Balaban J connectivity index is 3.80. The Morgan fingerprint density at radius 2 is 2.33 bits per heavy atom. The van der Waals surface area contributed by atoms with Gasteiger partial charge in [-0.1, -0.05) is 12.8 Å². The number of ether oxygens (including phenoxy) is 1. The maximum absolute atomic E-state index is 5.38. The van der Waals surface area contributed by atoms with Crippen molar-refractivity contribution in [3.8, 4) is 12.3 Å². The molecule has 0 aliphatic heterocycles. The van der Waals surface area contributed by atoms with E-state index in [0.29, 0.717) is 11.7 Å². The van der Waals surface area contributed by atoms with E-state index in [2.05, 4.69) is 12.8 Å². The predicted molar refractivity (Wildman–Crippen MR) is 54.9 cm³/mol. The van der Waals surface area contributed by atoms with E-state index in [1.54, 1.807) is 4.90 Å². The highest BCUT2D eigenvalue weighted by Crippen LogP contribution is 1.99. The molecule has 68 valence electrons. The first-order chi connectivity index (χ1) is 5.61. The molecule has 0 aliphatic carbocycles. The zero-order valence-electron chi connectivity index (χ0n) is 7.83. The summed E-state index contributed by atoms with van der Waals surface area (Å²) in [5, 5.41) is 0.474. The lowest BCUT2D eigenvalue weighted by Crippen LogP contribution is -2.30. The third kappa shape index (κ3) is 4.20. The lowest BCUT2D eigenvalue weighted by molar-refractivity contribution is 0.179. The van der Waals surface area contributed by atoms with Gasteiger partial charge in [-0.3, -0.25) is 0 Å². The molecule has 0 aliphatic rings. The Kier molecular flexibility index (Phi) is 5.48. The molecule has 0 fully saturated rings. The summed E-state index contributed by atoms with van der Waals surface area (Å²) in [5.41, 5.74) is 0. The predicted octanol–water partition coefficient (Wildman–Crippen LogP) is 1.65. The summed E-state index contributed by atoms with van der Waals surface area (Å²) in [6.07, 6.45) is 6.24. The second-order valence-electron chi connectivity index (χ2n) is 2.66. The minimum absolute atomic E-state index is 0.165. The van der Waals surface area contributed by atoms with Crippen LogP contribution in [0.4, 0.5) is 0 Å². The standard InChI is InChI=1S/C9H15NOS/c1-5-7-10(4)9(12)11-8(3)6-2/h1,8H,6-7H2,2-4H3/t8-/m1/s1. The lowest BCUT2D eigenvalue weighted by Gasteiger charge is -2.20. The SMILES string of the molecule is C#CCN(C)C(=S)O[C@H](C)CC. The van der Waals surface area contributed by atoms with Crippen LogP contribution in [0.25, 0.3) is 0 Å². The van der Waals surface area contributed by atoms with Crippen molar-refractivity contribution >= 4 is 17.4 Å². The van der Waals surface area contributed by atoms with Gasteiger partial charge in [0.15, 0.2) is 0 Å². The van der Waals surface area contributed by atoms with E-state index in [0.717, 1.165) is 6.42 Å². The Labute approximate surface area is 79.9 Å². The minimum atomic E-state index is 0.165. The van der Waals surface area contributed by atoms with Crippen molar-refractivity contribution in [2.24, 2.45) is 0 Å². The van der Waals surface area contributed by atoms with Gasteiger partial charge < -0.3 is 9.64 Å². The molecule has 3 heteroatoms. The topological polar surface area (TPSA) is 12.5 Å². The van der Waals surface area contributed by atoms with Gasteiger partial charge in [-0.05, 0) is 25.6 Å². The molecule has 1 atom stereocenters. The highest BCUT2D eigenvalue weighted by molar-refractivity contribution is 7.80. The molecule has 0 aromatic carbocycles. The Morgan fingerprint density at radius 1 is 1.75 bits per heavy atom. The van der Waals surface area contributed by atoms with Gasteiger partial charge in [0.05, 0.1) is 12.6 Å². The Morgan fingerprint density at radius 3 is 2.75 bits per heavy atom. The first-order valence-electron chi connectivity index (χ1n) is 3.97. The number of terminal acetylenes is 1. The summed E-state index contributed by atoms with van der Waals surface area (Å²) in [6.45, 7) is 4.53. The average Bonchev–Trinajstić information content (AvgIpc) is 2.04. The Bertz CT molecular complexity index is 185. The number of hydrogen-bond acceptors (Lipinski definition) is 2. The van der Waals surface area contributed by atoms with E-state index < -0.39 is 0 Å². The monoisotopic (exact) mass is 185 g/mol. The normalized spacial score (nSPS) is 11.5. The van der Waals surface area contributed by atoms with Crippen LogP contribution >= 0.6 is 12.2 Å². The third-order valence-corrected chi connectivity index (χ3v) is 1.92. The lowest BCUT2D eigenvalue weighted by atomic mass is 10.3. The van der Waals surface area contributed by atoms with Crippen LogP contribution in [0.2, 0.25) is 0 Å². The van der Waals surface area contributed by atoms with Crippen LogP contribution in [0.15, 0.2) is 0 Å². The van der Waals surface area contributed by atoms with Gasteiger partial charge in [0.1, 0.15) is 0 Å². The van der Waals surface area contributed by atoms with Gasteiger partial charge in [-0.25, -0.2) is 0 Å². The smallest absolute Gasteiger partial charge is 0.260 e. The quantitative estimate of drug-likeness (QED) is 0.490.